The Morgan fingerprint density at radius 1 is 1.38 bits per heavy atom. The summed E-state index contributed by atoms with van der Waals surface area (Å²) in [5, 5.41) is 12.5. The van der Waals surface area contributed by atoms with Crippen LogP contribution in [0, 0.1) is 5.92 Å². The van der Waals surface area contributed by atoms with Crippen molar-refractivity contribution in [1.29, 1.82) is 0 Å². The number of halogens is 2. The third kappa shape index (κ3) is 4.35. The second-order valence-electron chi connectivity index (χ2n) is 7.92. The quantitative estimate of drug-likeness (QED) is 0.675. The maximum absolute atomic E-state index is 14.0. The van der Waals surface area contributed by atoms with Gasteiger partial charge in [0, 0.05) is 48.1 Å². The maximum Gasteiger partial charge on any atom is 0.269 e. The van der Waals surface area contributed by atoms with Gasteiger partial charge in [-0.3, -0.25) is 9.36 Å². The van der Waals surface area contributed by atoms with Gasteiger partial charge in [-0.15, -0.1) is 0 Å². The first-order valence-electron chi connectivity index (χ1n) is 12.9. The highest BCUT2D eigenvalue weighted by atomic mass is 32.2. The molecule has 0 spiro atoms. The summed E-state index contributed by atoms with van der Waals surface area (Å²) in [6, 6.07) is -2.81. The van der Waals surface area contributed by atoms with Crippen LogP contribution < -0.4 is 10.9 Å². The fourth-order valence-electron chi connectivity index (χ4n) is 4.00. The molecule has 2 fully saturated rings. The fourth-order valence-corrected chi connectivity index (χ4v) is 4.60. The first-order valence-corrected chi connectivity index (χ1v) is 11.8. The van der Waals surface area contributed by atoms with Crippen LogP contribution in [0.3, 0.4) is 0 Å². The molecule has 32 heavy (non-hydrogen) atoms. The molecule has 12 heteroatoms. The number of fused-ring (bicyclic) bond motifs is 1. The normalized spacial score (nSPS) is 32.8. The molecule has 1 saturated heterocycles. The van der Waals surface area contributed by atoms with Crippen molar-refractivity contribution in [3.8, 4) is 0 Å². The summed E-state index contributed by atoms with van der Waals surface area (Å²) in [5.41, 5.74) is -2.52. The Morgan fingerprint density at radius 3 is 2.62 bits per heavy atom. The topological polar surface area (TPSA) is 117 Å². The van der Waals surface area contributed by atoms with Gasteiger partial charge in [0.2, 0.25) is 16.0 Å². The molecule has 0 aromatic carbocycles. The average molecular weight is 478 g/mol. The first kappa shape index (κ1) is 16.4. The van der Waals surface area contributed by atoms with E-state index in [1.807, 2.05) is 0 Å². The molecule has 2 aromatic rings. The fraction of sp³-hybridized carbons (Fsp3) is 0.650. The molecule has 0 bridgehead atoms. The lowest BCUT2D eigenvalue weighted by atomic mass is 10.0. The minimum Gasteiger partial charge on any atom is -0.393 e. The molecule has 3 heterocycles. The predicted molar refractivity (Wildman–Crippen MR) is 115 cm³/mol. The van der Waals surface area contributed by atoms with Crippen LogP contribution in [0.4, 0.5) is 14.7 Å². The molecular formula is C20H27F2N5O4S. The molecule has 2 N–H and O–H groups in total. The molecule has 3 atom stereocenters. The van der Waals surface area contributed by atoms with Crippen molar-refractivity contribution < 1.29 is 30.5 Å². The van der Waals surface area contributed by atoms with Crippen molar-refractivity contribution in [3.63, 3.8) is 0 Å². The lowest BCUT2D eigenvalue weighted by molar-refractivity contribution is 0.127. The number of aliphatic hydroxyl groups excluding tert-OH is 1. The second kappa shape index (κ2) is 8.64. The van der Waals surface area contributed by atoms with Crippen molar-refractivity contribution in [3.05, 3.63) is 28.2 Å². The molecule has 4 rings (SSSR count). The van der Waals surface area contributed by atoms with E-state index in [1.165, 1.54) is 0 Å². The Hall–Kier alpha value is -2.18. The van der Waals surface area contributed by atoms with Crippen molar-refractivity contribution in [2.45, 2.75) is 57.1 Å². The van der Waals surface area contributed by atoms with Gasteiger partial charge >= 0.3 is 0 Å². The zero-order chi connectivity index (χ0) is 28.6. The van der Waals surface area contributed by atoms with E-state index in [4.69, 9.17) is 8.22 Å². The molecular weight excluding hydrogens is 444 g/mol. The summed E-state index contributed by atoms with van der Waals surface area (Å²) in [4.78, 5) is 21.2. The van der Waals surface area contributed by atoms with Gasteiger partial charge in [0.1, 0.15) is 7.02 Å². The molecule has 0 radical (unpaired) electrons. The van der Waals surface area contributed by atoms with Crippen LogP contribution in [-0.4, -0.2) is 63.8 Å². The molecule has 2 aliphatic rings. The van der Waals surface area contributed by atoms with Crippen molar-refractivity contribution >= 4 is 27.0 Å². The van der Waals surface area contributed by atoms with Crippen LogP contribution in [0.1, 0.15) is 58.7 Å². The van der Waals surface area contributed by atoms with Gasteiger partial charge in [0.15, 0.2) is 0 Å². The van der Waals surface area contributed by atoms with Gasteiger partial charge < -0.3 is 10.4 Å². The molecule has 1 saturated carbocycles. The smallest absolute Gasteiger partial charge is 0.269 e. The third-order valence-electron chi connectivity index (χ3n) is 5.85. The summed E-state index contributed by atoms with van der Waals surface area (Å²) in [6.07, 6.45) is -8.31. The second-order valence-corrected chi connectivity index (χ2v) is 9.90. The maximum atomic E-state index is 14.0. The van der Waals surface area contributed by atoms with Crippen molar-refractivity contribution in [2.24, 2.45) is 5.92 Å². The van der Waals surface area contributed by atoms with Crippen molar-refractivity contribution in [2.75, 3.05) is 24.7 Å². The monoisotopic (exact) mass is 477 g/mol. The number of nitrogens with one attached hydrogen (secondary N) is 1. The predicted octanol–water partition coefficient (Wildman–Crippen LogP) is 1.90. The van der Waals surface area contributed by atoms with E-state index in [0.717, 1.165) is 23.1 Å². The first-order chi connectivity index (χ1) is 17.2. The minimum absolute atomic E-state index is 0.0670. The van der Waals surface area contributed by atoms with E-state index < -0.39 is 83.4 Å². The van der Waals surface area contributed by atoms with Crippen LogP contribution in [0.25, 0.3) is 11.0 Å². The number of rotatable bonds is 5. The number of piperidine rings is 1. The van der Waals surface area contributed by atoms with E-state index in [1.54, 1.807) is 6.92 Å². The summed E-state index contributed by atoms with van der Waals surface area (Å²) >= 11 is 0. The zero-order valence-corrected chi connectivity index (χ0v) is 18.2. The van der Waals surface area contributed by atoms with E-state index in [0.29, 0.717) is 4.31 Å². The van der Waals surface area contributed by atoms with Gasteiger partial charge in [0.05, 0.1) is 19.3 Å². The van der Waals surface area contributed by atoms with Crippen LogP contribution in [0.2, 0.25) is 0 Å². The van der Waals surface area contributed by atoms with Crippen LogP contribution in [-0.2, 0) is 10.0 Å². The number of nitrogens with zero attached hydrogens (tertiary/aromatic N) is 4. The molecule has 1 aliphatic carbocycles. The van der Waals surface area contributed by atoms with Gasteiger partial charge in [-0.25, -0.2) is 26.5 Å². The number of anilines is 1. The Morgan fingerprint density at radius 2 is 2.06 bits per heavy atom. The molecule has 1 aliphatic heterocycles. The van der Waals surface area contributed by atoms with Gasteiger partial charge in [-0.05, 0) is 31.7 Å². The number of hydrogen-bond donors (Lipinski definition) is 2. The highest BCUT2D eigenvalue weighted by molar-refractivity contribution is 7.88. The summed E-state index contributed by atoms with van der Waals surface area (Å²) < 4.78 is 103. The van der Waals surface area contributed by atoms with E-state index >= 15 is 0 Å². The molecule has 9 nitrogen and oxygen atoms in total. The van der Waals surface area contributed by atoms with Gasteiger partial charge in [-0.2, -0.15) is 4.98 Å². The molecule has 0 amide bonds. The highest BCUT2D eigenvalue weighted by Crippen LogP contribution is 2.37. The Bertz CT molecular complexity index is 1420. The standard InChI is InChI=1S/C20H27F2N5O4S/c1-11-15(3-4-16(11)28)27-18-12(9-14(17(21)22)19(27)29)10-23-20(25-18)24-13-5-7-26(8-6-13)32(2,30)31/h9-11,13,15-17,28H,3-8H2,1-2H3,(H,23,24,25)/t11-,15+,16+/m1/s1/i5D2,6D2,13D,17D. The number of sulfonamides is 1. The molecule has 176 valence electrons. The number of aliphatic hydroxyl groups is 1. The van der Waals surface area contributed by atoms with E-state index in [9.17, 15) is 27.1 Å². The number of alkyl halides is 2. The lowest BCUT2D eigenvalue weighted by Crippen LogP contribution is -2.42. The minimum atomic E-state index is -4.24. The Balaban J connectivity index is 1.86. The van der Waals surface area contributed by atoms with E-state index in [-0.39, 0.29) is 23.9 Å². The highest BCUT2D eigenvalue weighted by Gasteiger charge is 2.35. The Kier molecular flexibility index (Phi) is 4.44. The van der Waals surface area contributed by atoms with Crippen molar-refractivity contribution in [1.82, 2.24) is 18.8 Å². The summed E-state index contributed by atoms with van der Waals surface area (Å²) in [7, 11) is -3.99. The van der Waals surface area contributed by atoms with Gasteiger partial charge in [0.25, 0.3) is 12.0 Å². The average Bonchev–Trinajstić information content (AvgIpc) is 3.08. The molecule has 2 aromatic heterocycles. The number of pyridine rings is 1. The van der Waals surface area contributed by atoms with E-state index in [2.05, 4.69) is 15.3 Å². The SMILES string of the molecule is [2H]C(F)(F)c1cc2cnc(NC3([2H])C([2H])([2H])CN(S(C)(=O)=O)CC3([2H])[2H])nc2n([C@H]2CC[C@H](O)[C@@H]2C)c1=O. The van der Waals surface area contributed by atoms with Crippen LogP contribution >= 0.6 is 0 Å². The summed E-state index contributed by atoms with van der Waals surface area (Å²) in [5.74, 6) is -1.04. The number of hydrogen-bond acceptors (Lipinski definition) is 7. The molecule has 0 unspecified atom stereocenters. The lowest BCUT2D eigenvalue weighted by Gasteiger charge is -2.30. The van der Waals surface area contributed by atoms with Crippen LogP contribution in [0.5, 0.6) is 0 Å². The number of aromatic nitrogens is 3. The van der Waals surface area contributed by atoms with Gasteiger partial charge in [-0.1, -0.05) is 6.92 Å². The largest absolute Gasteiger partial charge is 0.393 e. The summed E-state index contributed by atoms with van der Waals surface area (Å²) in [6.45, 7) is -0.0387. The Labute approximate surface area is 193 Å². The third-order valence-corrected chi connectivity index (χ3v) is 7.05. The zero-order valence-electron chi connectivity index (χ0n) is 23.3. The van der Waals surface area contributed by atoms with Crippen LogP contribution in [0.15, 0.2) is 17.1 Å².